The third-order valence-corrected chi connectivity index (χ3v) is 0.811. The van der Waals surface area contributed by atoms with Gasteiger partial charge in [0.1, 0.15) is 0 Å². The van der Waals surface area contributed by atoms with E-state index in [0.29, 0.717) is 0 Å². The quantitative estimate of drug-likeness (QED) is 0.478. The van der Waals surface area contributed by atoms with Crippen molar-refractivity contribution in [3.8, 4) is 0 Å². The third-order valence-electron chi connectivity index (χ3n) is 0.431. The second kappa shape index (κ2) is 7.94. The molecule has 9 heavy (non-hydrogen) atoms. The molecule has 0 amide bonds. The van der Waals surface area contributed by atoms with Crippen LogP contribution in [-0.4, -0.2) is 76.5 Å². The minimum absolute atomic E-state index is 0. The molecular formula is C3H11BaO4P. The van der Waals surface area contributed by atoms with Crippen LogP contribution >= 0.6 is 8.60 Å². The van der Waals surface area contributed by atoms with Crippen molar-refractivity contribution in [1.82, 2.24) is 0 Å². The van der Waals surface area contributed by atoms with Gasteiger partial charge in [0.25, 0.3) is 0 Å². The number of aliphatic hydroxyl groups excluding tert-OH is 1. The van der Waals surface area contributed by atoms with E-state index in [4.69, 9.17) is 14.9 Å². The smallest absolute Gasteiger partial charge is 1.00 e. The van der Waals surface area contributed by atoms with Crippen LogP contribution in [-0.2, 0) is 4.52 Å². The van der Waals surface area contributed by atoms with Gasteiger partial charge in [0.2, 0.25) is 0 Å². The molecule has 0 bridgehead atoms. The maximum Gasteiger partial charge on any atom is 2.00 e. The molecule has 4 nitrogen and oxygen atoms in total. The van der Waals surface area contributed by atoms with Crippen LogP contribution in [0.2, 0.25) is 0 Å². The van der Waals surface area contributed by atoms with E-state index in [9.17, 15) is 0 Å². The summed E-state index contributed by atoms with van der Waals surface area (Å²) >= 11 is 0. The fraction of sp³-hybridized carbons (Fsp3) is 1.00. The van der Waals surface area contributed by atoms with E-state index in [1.54, 1.807) is 0 Å². The molecule has 1 atom stereocenters. The largest absolute Gasteiger partial charge is 2.00 e. The van der Waals surface area contributed by atoms with Crippen molar-refractivity contribution in [2.75, 3.05) is 6.61 Å². The first-order valence-corrected chi connectivity index (χ1v) is 3.28. The number of hydrogen-bond donors (Lipinski definition) is 3. The van der Waals surface area contributed by atoms with E-state index in [0.717, 1.165) is 0 Å². The second-order valence-corrected chi connectivity index (χ2v) is 2.16. The summed E-state index contributed by atoms with van der Waals surface area (Å²) in [5.74, 6) is 0. The van der Waals surface area contributed by atoms with Crippen molar-refractivity contribution in [3.63, 3.8) is 0 Å². The van der Waals surface area contributed by atoms with Crippen LogP contribution in [0.3, 0.4) is 0 Å². The summed E-state index contributed by atoms with van der Waals surface area (Å²) in [5, 5.41) is 8.46. The second-order valence-electron chi connectivity index (χ2n) is 1.40. The molecule has 0 aliphatic heterocycles. The molecule has 0 rings (SSSR count). The van der Waals surface area contributed by atoms with Gasteiger partial charge in [0, 0.05) is 0 Å². The standard InChI is InChI=1S/C3H9O4P.Ba.2H/c1-3(4)2-7-8(5)6;;;/h3-6H,2H2,1H3;;;/q;+2;2*-1. The van der Waals surface area contributed by atoms with Crippen molar-refractivity contribution in [3.05, 3.63) is 0 Å². The SMILES string of the molecule is CC(O)COP(O)O.[Ba+2].[H-].[H-]. The van der Waals surface area contributed by atoms with Crippen LogP contribution in [0.5, 0.6) is 0 Å². The van der Waals surface area contributed by atoms with Crippen molar-refractivity contribution in [1.29, 1.82) is 0 Å². The van der Waals surface area contributed by atoms with E-state index in [-0.39, 0.29) is 58.3 Å². The molecule has 1 unspecified atom stereocenters. The molecule has 0 fully saturated rings. The molecule has 54 valence electrons. The zero-order chi connectivity index (χ0) is 6.57. The van der Waals surface area contributed by atoms with E-state index in [1.165, 1.54) is 6.92 Å². The predicted octanol–water partition coefficient (Wildman–Crippen LogP) is -0.560. The number of rotatable bonds is 3. The zero-order valence-electron chi connectivity index (χ0n) is 7.19. The van der Waals surface area contributed by atoms with Gasteiger partial charge >= 0.3 is 57.5 Å². The Kier molecular flexibility index (Phi) is 11.9. The topological polar surface area (TPSA) is 69.9 Å². The average Bonchev–Trinajstić information content (AvgIpc) is 1.61. The molecule has 0 saturated heterocycles. The van der Waals surface area contributed by atoms with Gasteiger partial charge in [0.15, 0.2) is 0 Å². The Hall–Kier alpha value is 1.84. The van der Waals surface area contributed by atoms with Crippen LogP contribution < -0.4 is 0 Å². The monoisotopic (exact) mass is 280 g/mol. The molecule has 0 aromatic heterocycles. The van der Waals surface area contributed by atoms with Gasteiger partial charge in [0.05, 0.1) is 12.7 Å². The first-order valence-electron chi connectivity index (χ1n) is 2.12. The number of hydrogen-bond acceptors (Lipinski definition) is 4. The Labute approximate surface area is 98.3 Å². The first kappa shape index (κ1) is 13.4. The van der Waals surface area contributed by atoms with Gasteiger partial charge < -0.3 is 22.3 Å². The molecule has 0 radical (unpaired) electrons. The van der Waals surface area contributed by atoms with Crippen molar-refractivity contribution in [2.24, 2.45) is 0 Å². The molecular weight excluding hydrogens is 268 g/mol. The Bertz CT molecular complexity index is 59.3. The maximum absolute atomic E-state index is 8.46. The molecule has 3 N–H and O–H groups in total. The van der Waals surface area contributed by atoms with Crippen molar-refractivity contribution in [2.45, 2.75) is 13.0 Å². The zero-order valence-corrected chi connectivity index (χ0v) is 10.5. The fourth-order valence-corrected chi connectivity index (χ4v) is 0.524. The van der Waals surface area contributed by atoms with Gasteiger partial charge in [-0.25, -0.2) is 0 Å². The summed E-state index contributed by atoms with van der Waals surface area (Å²) < 4.78 is 4.23. The predicted molar refractivity (Wildman–Crippen MR) is 37.0 cm³/mol. The molecule has 0 aromatic carbocycles. The van der Waals surface area contributed by atoms with Gasteiger partial charge in [-0.2, -0.15) is 0 Å². The Morgan fingerprint density at radius 1 is 1.67 bits per heavy atom. The molecule has 0 aliphatic carbocycles. The minimum atomic E-state index is -2.29. The van der Waals surface area contributed by atoms with Crippen LogP contribution in [0.25, 0.3) is 0 Å². The molecule has 0 aromatic rings. The van der Waals surface area contributed by atoms with Crippen LogP contribution in [0, 0.1) is 0 Å². The van der Waals surface area contributed by atoms with Crippen LogP contribution in [0.1, 0.15) is 9.78 Å². The molecule has 0 heterocycles. The van der Waals surface area contributed by atoms with E-state index < -0.39 is 14.7 Å². The maximum atomic E-state index is 8.46. The summed E-state index contributed by atoms with van der Waals surface area (Å²) in [7, 11) is -2.29. The van der Waals surface area contributed by atoms with E-state index in [2.05, 4.69) is 4.52 Å². The minimum Gasteiger partial charge on any atom is -1.00 e. The van der Waals surface area contributed by atoms with E-state index >= 15 is 0 Å². The summed E-state index contributed by atoms with van der Waals surface area (Å²) in [5.41, 5.74) is 0. The summed E-state index contributed by atoms with van der Waals surface area (Å²) in [4.78, 5) is 16.2. The van der Waals surface area contributed by atoms with Crippen LogP contribution in [0.15, 0.2) is 0 Å². The van der Waals surface area contributed by atoms with Gasteiger partial charge in [-0.1, -0.05) is 0 Å². The third kappa shape index (κ3) is 12.9. The van der Waals surface area contributed by atoms with Gasteiger partial charge in [-0.3, -0.25) is 0 Å². The molecule has 0 spiro atoms. The normalized spacial score (nSPS) is 13.0. The molecule has 0 saturated carbocycles. The first-order chi connectivity index (χ1) is 3.63. The molecule has 0 aliphatic rings. The van der Waals surface area contributed by atoms with Gasteiger partial charge in [-0.05, 0) is 6.92 Å². The van der Waals surface area contributed by atoms with Crippen LogP contribution in [0.4, 0.5) is 0 Å². The fourth-order valence-electron chi connectivity index (χ4n) is 0.175. The number of aliphatic hydroxyl groups is 1. The van der Waals surface area contributed by atoms with Crippen molar-refractivity contribution < 1.29 is 22.3 Å². The summed E-state index contributed by atoms with van der Waals surface area (Å²) in [6.45, 7) is 1.47. The Morgan fingerprint density at radius 2 is 2.11 bits per heavy atom. The summed E-state index contributed by atoms with van der Waals surface area (Å²) in [6.07, 6.45) is -0.640. The van der Waals surface area contributed by atoms with Gasteiger partial charge in [-0.15, -0.1) is 0 Å². The Morgan fingerprint density at radius 3 is 2.22 bits per heavy atom. The summed E-state index contributed by atoms with van der Waals surface area (Å²) in [6, 6.07) is 0. The average molecular weight is 279 g/mol. The Balaban J connectivity index is -0.0000000817. The van der Waals surface area contributed by atoms with E-state index in [1.807, 2.05) is 0 Å². The van der Waals surface area contributed by atoms with Crippen molar-refractivity contribution >= 4 is 57.5 Å². The molecule has 6 heteroatoms.